The second-order valence-corrected chi connectivity index (χ2v) is 7.83. The molecule has 148 valence electrons. The van der Waals surface area contributed by atoms with Crippen molar-refractivity contribution in [3.63, 3.8) is 0 Å². The Kier molecular flexibility index (Phi) is 5.41. The topological polar surface area (TPSA) is 98.2 Å². The number of halogens is 1. The zero-order valence-electron chi connectivity index (χ0n) is 15.6. The van der Waals surface area contributed by atoms with Crippen LogP contribution in [0.5, 0.6) is 0 Å². The van der Waals surface area contributed by atoms with Gasteiger partial charge in [0.05, 0.1) is 5.69 Å². The highest BCUT2D eigenvalue weighted by Crippen LogP contribution is 2.24. The molecule has 0 bridgehead atoms. The molecular weight excluding hydrogens is 412 g/mol. The zero-order valence-corrected chi connectivity index (χ0v) is 17.2. The van der Waals surface area contributed by atoms with Gasteiger partial charge in [-0.15, -0.1) is 11.3 Å². The molecule has 1 unspecified atom stereocenters. The maximum Gasteiger partial charge on any atom is 0.249 e. The Morgan fingerprint density at radius 3 is 2.86 bits per heavy atom. The van der Waals surface area contributed by atoms with Crippen LogP contribution >= 0.6 is 22.9 Å². The van der Waals surface area contributed by atoms with Crippen LogP contribution in [0.3, 0.4) is 0 Å². The van der Waals surface area contributed by atoms with Gasteiger partial charge in [-0.05, 0) is 24.1 Å². The molecule has 0 radical (unpaired) electrons. The third-order valence-electron chi connectivity index (χ3n) is 4.26. The van der Waals surface area contributed by atoms with Gasteiger partial charge in [-0.25, -0.2) is 4.98 Å². The van der Waals surface area contributed by atoms with E-state index in [-0.39, 0.29) is 11.8 Å². The van der Waals surface area contributed by atoms with Crippen molar-refractivity contribution in [2.45, 2.75) is 19.9 Å². The highest BCUT2D eigenvalue weighted by atomic mass is 35.5. The summed E-state index contributed by atoms with van der Waals surface area (Å²) in [6, 6.07) is 3.15. The van der Waals surface area contributed by atoms with E-state index in [0.29, 0.717) is 22.6 Å². The van der Waals surface area contributed by atoms with E-state index >= 15 is 0 Å². The lowest BCUT2D eigenvalue weighted by molar-refractivity contribution is -0.117. The average Bonchev–Trinajstić information content (AvgIpc) is 3.42. The molecule has 4 aromatic rings. The number of rotatable bonds is 6. The number of aromatic nitrogens is 5. The standard InChI is InChI=1S/C19H17ClN6O2S/c1-11(2)15(18-24-17(25-28-18)12-5-7-21-8-6-12)22-14(27)4-3-13-16(20)23-19-26(13)9-10-29-19/h3-11,15H,1-2H3,(H,22,27)/b4-3+. The lowest BCUT2D eigenvalue weighted by Gasteiger charge is -2.17. The van der Waals surface area contributed by atoms with Crippen molar-refractivity contribution in [1.29, 1.82) is 0 Å². The summed E-state index contributed by atoms with van der Waals surface area (Å²) < 4.78 is 7.24. The van der Waals surface area contributed by atoms with Crippen molar-refractivity contribution < 1.29 is 9.32 Å². The third kappa shape index (κ3) is 4.06. The summed E-state index contributed by atoms with van der Waals surface area (Å²) in [5.41, 5.74) is 1.44. The van der Waals surface area contributed by atoms with Crippen LogP contribution in [0, 0.1) is 5.92 Å². The minimum absolute atomic E-state index is 0.0419. The molecule has 0 saturated carbocycles. The van der Waals surface area contributed by atoms with Gasteiger partial charge in [-0.3, -0.25) is 14.2 Å². The van der Waals surface area contributed by atoms with Crippen molar-refractivity contribution in [2.75, 3.05) is 0 Å². The van der Waals surface area contributed by atoms with Crippen molar-refractivity contribution >= 4 is 39.9 Å². The number of nitrogens with one attached hydrogen (secondary N) is 1. The molecule has 4 heterocycles. The predicted octanol–water partition coefficient (Wildman–Crippen LogP) is 4.02. The molecule has 29 heavy (non-hydrogen) atoms. The summed E-state index contributed by atoms with van der Waals surface area (Å²) in [4.78, 5) is 25.9. The number of hydrogen-bond donors (Lipinski definition) is 1. The maximum atomic E-state index is 12.5. The van der Waals surface area contributed by atoms with Gasteiger partial charge in [-0.1, -0.05) is 30.6 Å². The van der Waals surface area contributed by atoms with Gasteiger partial charge in [0.1, 0.15) is 6.04 Å². The van der Waals surface area contributed by atoms with Crippen molar-refractivity contribution in [1.82, 2.24) is 29.8 Å². The summed E-state index contributed by atoms with van der Waals surface area (Å²) in [6.45, 7) is 3.93. The fraction of sp³-hybridized carbons (Fsp3) is 0.211. The van der Waals surface area contributed by atoms with Gasteiger partial charge in [0.15, 0.2) is 10.1 Å². The number of carbonyl (C=O) groups is 1. The molecule has 10 heteroatoms. The Balaban J connectivity index is 1.51. The van der Waals surface area contributed by atoms with Crippen LogP contribution in [-0.2, 0) is 4.79 Å². The first-order valence-corrected chi connectivity index (χ1v) is 10.1. The molecule has 4 rings (SSSR count). The Hall–Kier alpha value is -3.04. The van der Waals surface area contributed by atoms with Crippen LogP contribution < -0.4 is 5.32 Å². The van der Waals surface area contributed by atoms with Gasteiger partial charge in [0.2, 0.25) is 17.6 Å². The molecule has 0 fully saturated rings. The number of nitrogens with zero attached hydrogens (tertiary/aromatic N) is 5. The van der Waals surface area contributed by atoms with Crippen molar-refractivity contribution in [3.8, 4) is 11.4 Å². The predicted molar refractivity (Wildman–Crippen MR) is 110 cm³/mol. The van der Waals surface area contributed by atoms with Gasteiger partial charge in [0.25, 0.3) is 0 Å². The number of imidazole rings is 1. The Morgan fingerprint density at radius 2 is 2.10 bits per heavy atom. The quantitative estimate of drug-likeness (QED) is 0.466. The number of hydrogen-bond acceptors (Lipinski definition) is 7. The molecule has 8 nitrogen and oxygen atoms in total. The summed E-state index contributed by atoms with van der Waals surface area (Å²) in [5, 5.41) is 9.18. The van der Waals surface area contributed by atoms with Gasteiger partial charge >= 0.3 is 0 Å². The van der Waals surface area contributed by atoms with Crippen molar-refractivity contribution in [3.05, 3.63) is 58.9 Å². The first kappa shape index (κ1) is 19.3. The van der Waals surface area contributed by atoms with E-state index in [2.05, 4.69) is 25.4 Å². The largest absolute Gasteiger partial charge is 0.340 e. The molecule has 0 aromatic carbocycles. The Bertz CT molecular complexity index is 1160. The van der Waals surface area contributed by atoms with Crippen LogP contribution in [0.1, 0.15) is 31.5 Å². The number of amides is 1. The van der Waals surface area contributed by atoms with Gasteiger partial charge in [-0.2, -0.15) is 4.98 Å². The number of fused-ring (bicyclic) bond motifs is 1. The van der Waals surface area contributed by atoms with Crippen LogP contribution in [0.25, 0.3) is 22.4 Å². The molecule has 1 amide bonds. The normalized spacial score (nSPS) is 12.8. The number of carbonyl (C=O) groups excluding carboxylic acids is 1. The van der Waals surface area contributed by atoms with Gasteiger partial charge < -0.3 is 9.84 Å². The second kappa shape index (κ2) is 8.14. The lowest BCUT2D eigenvalue weighted by atomic mass is 10.0. The fourth-order valence-electron chi connectivity index (χ4n) is 2.78. The third-order valence-corrected chi connectivity index (χ3v) is 5.29. The van der Waals surface area contributed by atoms with E-state index in [9.17, 15) is 4.79 Å². The summed E-state index contributed by atoms with van der Waals surface area (Å²) in [6.07, 6.45) is 8.22. The van der Waals surface area contributed by atoms with Crippen LogP contribution in [0.4, 0.5) is 0 Å². The highest BCUT2D eigenvalue weighted by Gasteiger charge is 2.24. The molecule has 0 aliphatic carbocycles. The minimum atomic E-state index is -0.433. The van der Waals surface area contributed by atoms with E-state index in [1.165, 1.54) is 17.4 Å². The summed E-state index contributed by atoms with van der Waals surface area (Å²) in [5.74, 6) is 0.536. The van der Waals surface area contributed by atoms with Crippen LogP contribution in [0.2, 0.25) is 5.15 Å². The van der Waals surface area contributed by atoms with E-state index in [0.717, 1.165) is 10.5 Å². The molecule has 4 aromatic heterocycles. The molecule has 0 spiro atoms. The summed E-state index contributed by atoms with van der Waals surface area (Å²) in [7, 11) is 0. The van der Waals surface area contributed by atoms with E-state index in [1.807, 2.05) is 29.8 Å². The molecule has 0 saturated heterocycles. The second-order valence-electron chi connectivity index (χ2n) is 6.60. The fourth-order valence-corrected chi connectivity index (χ4v) is 3.78. The van der Waals surface area contributed by atoms with Crippen LogP contribution in [0.15, 0.2) is 46.7 Å². The van der Waals surface area contributed by atoms with E-state index in [1.54, 1.807) is 30.6 Å². The first-order valence-electron chi connectivity index (χ1n) is 8.86. The molecule has 0 aliphatic heterocycles. The van der Waals surface area contributed by atoms with Gasteiger partial charge in [0, 0.05) is 35.6 Å². The monoisotopic (exact) mass is 428 g/mol. The molecule has 1 N–H and O–H groups in total. The van der Waals surface area contributed by atoms with Crippen molar-refractivity contribution in [2.24, 2.45) is 5.92 Å². The SMILES string of the molecule is CC(C)C(NC(=O)/C=C/c1c(Cl)nc2sccn12)c1nc(-c2ccncc2)no1. The molecular formula is C19H17ClN6O2S. The lowest BCUT2D eigenvalue weighted by Crippen LogP contribution is -2.30. The maximum absolute atomic E-state index is 12.5. The zero-order chi connectivity index (χ0) is 20.4. The Morgan fingerprint density at radius 1 is 1.31 bits per heavy atom. The minimum Gasteiger partial charge on any atom is -0.340 e. The first-order chi connectivity index (χ1) is 14.0. The average molecular weight is 429 g/mol. The molecule has 0 aliphatic rings. The van der Waals surface area contributed by atoms with E-state index < -0.39 is 6.04 Å². The van der Waals surface area contributed by atoms with E-state index in [4.69, 9.17) is 16.1 Å². The number of thiazole rings is 1. The number of pyridine rings is 1. The van der Waals surface area contributed by atoms with Crippen LogP contribution in [-0.4, -0.2) is 30.4 Å². The Labute approximate surface area is 175 Å². The molecule has 1 atom stereocenters. The highest BCUT2D eigenvalue weighted by molar-refractivity contribution is 7.15. The summed E-state index contributed by atoms with van der Waals surface area (Å²) >= 11 is 7.63. The smallest absolute Gasteiger partial charge is 0.249 e.